The molecule has 3 aromatic rings. The molecule has 5 heteroatoms. The Morgan fingerprint density at radius 3 is 2.58 bits per heavy atom. The van der Waals surface area contributed by atoms with Crippen LogP contribution in [-0.4, -0.2) is 10.8 Å². The molecule has 4 nitrogen and oxygen atoms in total. The molecule has 0 aliphatic heterocycles. The fourth-order valence-corrected chi connectivity index (χ4v) is 3.87. The molecule has 26 heavy (non-hydrogen) atoms. The number of carbonyl (C=O) groups is 1. The second-order valence-corrected chi connectivity index (χ2v) is 7.22. The number of thiazole rings is 1. The summed E-state index contributed by atoms with van der Waals surface area (Å²) in [6, 6.07) is 18.0. The van der Waals surface area contributed by atoms with Crippen LogP contribution < -0.4 is 10.9 Å². The Bertz CT molecular complexity index is 956. The summed E-state index contributed by atoms with van der Waals surface area (Å²) >= 11 is 1.58. The highest BCUT2D eigenvalue weighted by Gasteiger charge is 2.20. The molecule has 2 N–H and O–H groups in total. The van der Waals surface area contributed by atoms with Crippen LogP contribution in [0, 0.1) is 0 Å². The molecule has 0 spiro atoms. The Hall–Kier alpha value is -2.92. The summed E-state index contributed by atoms with van der Waals surface area (Å²) in [6.07, 6.45) is 6.37. The van der Waals surface area contributed by atoms with Gasteiger partial charge < -0.3 is 5.43 Å². The molecule has 1 aliphatic rings. The van der Waals surface area contributed by atoms with Crippen molar-refractivity contribution in [1.82, 2.24) is 10.4 Å². The van der Waals surface area contributed by atoms with Crippen molar-refractivity contribution in [2.45, 2.75) is 19.3 Å². The number of nitrogens with one attached hydrogen (secondary N) is 2. The molecule has 1 aliphatic carbocycles. The second kappa shape index (κ2) is 7.54. The Morgan fingerprint density at radius 1 is 0.962 bits per heavy atom. The van der Waals surface area contributed by atoms with Crippen molar-refractivity contribution in [3.8, 4) is 0 Å². The van der Waals surface area contributed by atoms with E-state index in [4.69, 9.17) is 0 Å². The zero-order valence-corrected chi connectivity index (χ0v) is 15.1. The SMILES string of the molecule is O=C1C(=CNNc2nc3ccccc3s2)CCC/C1=C/c1ccccc1. The van der Waals surface area contributed by atoms with Crippen molar-refractivity contribution in [2.75, 3.05) is 5.43 Å². The van der Waals surface area contributed by atoms with Gasteiger partial charge in [-0.05, 0) is 43.0 Å². The molecule has 0 saturated heterocycles. The van der Waals surface area contributed by atoms with Gasteiger partial charge in [-0.2, -0.15) is 0 Å². The molecule has 1 fully saturated rings. The molecule has 1 aromatic heterocycles. The van der Waals surface area contributed by atoms with Crippen LogP contribution in [-0.2, 0) is 4.79 Å². The molecule has 0 atom stereocenters. The predicted octanol–water partition coefficient (Wildman–Crippen LogP) is 4.93. The monoisotopic (exact) mass is 361 g/mol. The maximum absolute atomic E-state index is 12.7. The summed E-state index contributed by atoms with van der Waals surface area (Å²) < 4.78 is 1.13. The van der Waals surface area contributed by atoms with Crippen molar-refractivity contribution in [1.29, 1.82) is 0 Å². The number of allylic oxidation sites excluding steroid dienone is 2. The number of carbonyl (C=O) groups excluding carboxylic acids is 1. The van der Waals surface area contributed by atoms with Gasteiger partial charge in [0.15, 0.2) is 5.78 Å². The number of fused-ring (bicyclic) bond motifs is 1. The van der Waals surface area contributed by atoms with Crippen LogP contribution in [0.1, 0.15) is 24.8 Å². The Morgan fingerprint density at radius 2 is 1.73 bits per heavy atom. The minimum atomic E-state index is 0.124. The van der Waals surface area contributed by atoms with Crippen molar-refractivity contribution in [3.63, 3.8) is 0 Å². The number of benzene rings is 2. The Labute approximate surface area is 156 Å². The summed E-state index contributed by atoms with van der Waals surface area (Å²) in [5.41, 5.74) is 9.82. The van der Waals surface area contributed by atoms with Crippen LogP contribution in [0.2, 0.25) is 0 Å². The van der Waals surface area contributed by atoms with Crippen molar-refractivity contribution in [2.24, 2.45) is 0 Å². The number of para-hydroxylation sites is 1. The molecule has 0 amide bonds. The first-order chi connectivity index (χ1) is 12.8. The van der Waals surface area contributed by atoms with Crippen molar-refractivity contribution in [3.05, 3.63) is 77.5 Å². The normalized spacial score (nSPS) is 17.8. The van der Waals surface area contributed by atoms with E-state index >= 15 is 0 Å². The topological polar surface area (TPSA) is 54.0 Å². The van der Waals surface area contributed by atoms with E-state index in [1.54, 1.807) is 17.5 Å². The van der Waals surface area contributed by atoms with E-state index in [0.29, 0.717) is 0 Å². The van der Waals surface area contributed by atoms with Gasteiger partial charge in [-0.25, -0.2) is 4.98 Å². The van der Waals surface area contributed by atoms with Gasteiger partial charge in [-0.3, -0.25) is 10.2 Å². The Balaban J connectivity index is 1.44. The minimum absolute atomic E-state index is 0.124. The third-order valence-electron chi connectivity index (χ3n) is 4.34. The van der Waals surface area contributed by atoms with Crippen molar-refractivity contribution < 1.29 is 4.79 Å². The zero-order chi connectivity index (χ0) is 17.8. The van der Waals surface area contributed by atoms with E-state index in [-0.39, 0.29) is 5.78 Å². The highest BCUT2D eigenvalue weighted by molar-refractivity contribution is 7.22. The fourth-order valence-electron chi connectivity index (χ4n) is 3.04. The quantitative estimate of drug-likeness (QED) is 0.511. The summed E-state index contributed by atoms with van der Waals surface area (Å²) in [4.78, 5) is 17.2. The molecule has 0 unspecified atom stereocenters. The molecule has 2 aromatic carbocycles. The van der Waals surface area contributed by atoms with Gasteiger partial charge in [0.2, 0.25) is 5.13 Å². The van der Waals surface area contributed by atoms with Crippen LogP contribution in [0.4, 0.5) is 5.13 Å². The third-order valence-corrected chi connectivity index (χ3v) is 5.29. The lowest BCUT2D eigenvalue weighted by Crippen LogP contribution is -2.19. The van der Waals surface area contributed by atoms with Crippen LogP contribution in [0.25, 0.3) is 16.3 Å². The number of rotatable bonds is 4. The standard InChI is InChI=1S/C21H19N3OS/c25-20-16(13-15-7-2-1-3-8-15)9-6-10-17(20)14-22-24-21-23-18-11-4-5-12-19(18)26-21/h1-5,7-8,11-14,22H,6,9-10H2,(H,23,24)/b16-13-,17-14?. The van der Waals surface area contributed by atoms with Crippen LogP contribution >= 0.6 is 11.3 Å². The number of ketones is 1. The van der Waals surface area contributed by atoms with Crippen LogP contribution in [0.5, 0.6) is 0 Å². The highest BCUT2D eigenvalue weighted by atomic mass is 32.1. The van der Waals surface area contributed by atoms with Gasteiger partial charge in [-0.1, -0.05) is 53.8 Å². The van der Waals surface area contributed by atoms with Crippen molar-refractivity contribution >= 4 is 38.5 Å². The second-order valence-electron chi connectivity index (χ2n) is 6.19. The first-order valence-electron chi connectivity index (χ1n) is 8.66. The third kappa shape index (κ3) is 3.68. The first-order valence-corrected chi connectivity index (χ1v) is 9.48. The van der Waals surface area contributed by atoms with Gasteiger partial charge in [0, 0.05) is 17.3 Å². The predicted molar refractivity (Wildman–Crippen MR) is 108 cm³/mol. The molecule has 0 bridgehead atoms. The molecule has 4 rings (SSSR count). The number of anilines is 1. The molecule has 1 heterocycles. The van der Waals surface area contributed by atoms with E-state index in [9.17, 15) is 4.79 Å². The number of aromatic nitrogens is 1. The van der Waals surface area contributed by atoms with Crippen LogP contribution in [0.15, 0.2) is 71.9 Å². The largest absolute Gasteiger partial charge is 0.306 e. The highest BCUT2D eigenvalue weighted by Crippen LogP contribution is 2.27. The fraction of sp³-hybridized carbons (Fsp3) is 0.143. The van der Waals surface area contributed by atoms with E-state index in [2.05, 4.69) is 15.8 Å². The van der Waals surface area contributed by atoms with Gasteiger partial charge in [-0.15, -0.1) is 0 Å². The van der Waals surface area contributed by atoms with Gasteiger partial charge >= 0.3 is 0 Å². The van der Waals surface area contributed by atoms with E-state index in [1.807, 2.05) is 60.7 Å². The lowest BCUT2D eigenvalue weighted by Gasteiger charge is -2.16. The maximum atomic E-state index is 12.7. The van der Waals surface area contributed by atoms with Gasteiger partial charge in [0.25, 0.3) is 0 Å². The summed E-state index contributed by atoms with van der Waals surface area (Å²) in [5, 5.41) is 0.784. The van der Waals surface area contributed by atoms with Crippen LogP contribution in [0.3, 0.4) is 0 Å². The molecule has 1 saturated carbocycles. The number of hydrogen-bond donors (Lipinski definition) is 2. The first kappa shape index (κ1) is 16.5. The molecule has 0 radical (unpaired) electrons. The average molecular weight is 361 g/mol. The van der Waals surface area contributed by atoms with E-state index in [0.717, 1.165) is 51.3 Å². The van der Waals surface area contributed by atoms with E-state index < -0.39 is 0 Å². The Kier molecular flexibility index (Phi) is 4.80. The smallest absolute Gasteiger partial charge is 0.202 e. The van der Waals surface area contributed by atoms with Gasteiger partial charge in [0.05, 0.1) is 10.2 Å². The summed E-state index contributed by atoms with van der Waals surface area (Å²) in [7, 11) is 0. The maximum Gasteiger partial charge on any atom is 0.202 e. The summed E-state index contributed by atoms with van der Waals surface area (Å²) in [5.74, 6) is 0.124. The number of hydrazine groups is 1. The molecular formula is C21H19N3OS. The van der Waals surface area contributed by atoms with Gasteiger partial charge in [0.1, 0.15) is 0 Å². The average Bonchev–Trinajstić information content (AvgIpc) is 3.08. The number of nitrogens with zero attached hydrogens (tertiary/aromatic N) is 1. The minimum Gasteiger partial charge on any atom is -0.306 e. The molecule has 130 valence electrons. The number of Topliss-reactive ketones (excluding diaryl/α,β-unsaturated/α-hetero) is 1. The van der Waals surface area contributed by atoms with E-state index in [1.165, 1.54) is 0 Å². The summed E-state index contributed by atoms with van der Waals surface area (Å²) in [6.45, 7) is 0. The number of hydrogen-bond acceptors (Lipinski definition) is 5. The zero-order valence-electron chi connectivity index (χ0n) is 14.2. The molecular weight excluding hydrogens is 342 g/mol. The lowest BCUT2D eigenvalue weighted by atomic mass is 9.88. The lowest BCUT2D eigenvalue weighted by molar-refractivity contribution is -0.112.